The van der Waals surface area contributed by atoms with E-state index in [1.54, 1.807) is 0 Å². The smallest absolute Gasteiger partial charge is 0.229 e. The number of likely N-dealkylation sites (tertiary alicyclic amines) is 1. The summed E-state index contributed by atoms with van der Waals surface area (Å²) in [4.78, 5) is 14.5. The Balaban J connectivity index is 1.67. The first-order valence-electron chi connectivity index (χ1n) is 7.40. The second-order valence-corrected chi connectivity index (χ2v) is 6.03. The van der Waals surface area contributed by atoms with Crippen LogP contribution in [0.25, 0.3) is 0 Å². The van der Waals surface area contributed by atoms with Crippen LogP contribution < -0.4 is 10.5 Å². The zero-order valence-electron chi connectivity index (χ0n) is 11.9. The van der Waals surface area contributed by atoms with E-state index in [1.807, 2.05) is 29.2 Å². The minimum absolute atomic E-state index is 0.0643. The Bertz CT molecular complexity index is 503. The number of hydrogen-bond donors (Lipinski definition) is 1. The number of carbonyl (C=O) groups is 1. The molecule has 2 heterocycles. The second kappa shape index (κ2) is 5.44. The second-order valence-electron chi connectivity index (χ2n) is 6.03. The van der Waals surface area contributed by atoms with E-state index in [0.29, 0.717) is 19.1 Å². The molecule has 1 aromatic rings. The number of fused-ring (bicyclic) bond motifs is 1. The van der Waals surface area contributed by atoms with Gasteiger partial charge < -0.3 is 15.4 Å². The average molecular weight is 274 g/mol. The van der Waals surface area contributed by atoms with Crippen LogP contribution in [0.15, 0.2) is 24.3 Å². The summed E-state index contributed by atoms with van der Waals surface area (Å²) in [5.74, 6) is 1.55. The molecule has 0 radical (unpaired) electrons. The normalized spacial score (nSPS) is 29.5. The van der Waals surface area contributed by atoms with E-state index in [0.717, 1.165) is 30.7 Å². The van der Waals surface area contributed by atoms with Crippen molar-refractivity contribution in [3.63, 3.8) is 0 Å². The topological polar surface area (TPSA) is 55.6 Å². The van der Waals surface area contributed by atoms with Gasteiger partial charge in [-0.1, -0.05) is 25.1 Å². The average Bonchev–Trinajstić information content (AvgIpc) is 2.49. The van der Waals surface area contributed by atoms with Gasteiger partial charge >= 0.3 is 0 Å². The Morgan fingerprint density at radius 2 is 2.20 bits per heavy atom. The number of ether oxygens (including phenoxy) is 1. The van der Waals surface area contributed by atoms with Crippen molar-refractivity contribution in [1.29, 1.82) is 0 Å². The van der Waals surface area contributed by atoms with Crippen molar-refractivity contribution in [3.8, 4) is 5.75 Å². The predicted molar refractivity (Wildman–Crippen MR) is 77.5 cm³/mol. The van der Waals surface area contributed by atoms with Gasteiger partial charge in [-0.2, -0.15) is 0 Å². The van der Waals surface area contributed by atoms with Gasteiger partial charge in [-0.25, -0.2) is 0 Å². The molecule has 3 unspecified atom stereocenters. The maximum absolute atomic E-state index is 12.6. The molecule has 1 saturated heterocycles. The molecule has 0 spiro atoms. The summed E-state index contributed by atoms with van der Waals surface area (Å²) in [5.41, 5.74) is 7.22. The molecule has 0 saturated carbocycles. The number of rotatable bonds is 1. The van der Waals surface area contributed by atoms with Crippen LogP contribution in [0.3, 0.4) is 0 Å². The van der Waals surface area contributed by atoms with Crippen molar-refractivity contribution in [1.82, 2.24) is 4.90 Å². The summed E-state index contributed by atoms with van der Waals surface area (Å²) in [5, 5.41) is 0. The number of carbonyl (C=O) groups excluding carboxylic acids is 1. The summed E-state index contributed by atoms with van der Waals surface area (Å²) >= 11 is 0. The number of piperidine rings is 1. The molecule has 0 aliphatic carbocycles. The molecular formula is C16H22N2O2. The molecule has 3 atom stereocenters. The van der Waals surface area contributed by atoms with Crippen molar-refractivity contribution in [2.75, 3.05) is 19.7 Å². The van der Waals surface area contributed by atoms with E-state index < -0.39 is 0 Å². The van der Waals surface area contributed by atoms with Crippen LogP contribution in [0.2, 0.25) is 0 Å². The third-order valence-corrected chi connectivity index (χ3v) is 4.56. The predicted octanol–water partition coefficient (Wildman–Crippen LogP) is 1.43. The monoisotopic (exact) mass is 274 g/mol. The van der Waals surface area contributed by atoms with Gasteiger partial charge in [-0.15, -0.1) is 0 Å². The molecule has 2 aliphatic heterocycles. The van der Waals surface area contributed by atoms with Crippen LogP contribution in [0.4, 0.5) is 0 Å². The zero-order valence-corrected chi connectivity index (χ0v) is 11.9. The molecular weight excluding hydrogens is 252 g/mol. The maximum atomic E-state index is 12.6. The van der Waals surface area contributed by atoms with Crippen molar-refractivity contribution < 1.29 is 9.53 Å². The van der Waals surface area contributed by atoms with Gasteiger partial charge in [0.05, 0.1) is 5.92 Å². The van der Waals surface area contributed by atoms with E-state index in [1.165, 1.54) is 0 Å². The number of para-hydroxylation sites is 1. The molecule has 2 aliphatic rings. The van der Waals surface area contributed by atoms with Gasteiger partial charge in [0.25, 0.3) is 0 Å². The summed E-state index contributed by atoms with van der Waals surface area (Å²) in [6.45, 7) is 4.15. The quantitative estimate of drug-likeness (QED) is 0.843. The number of nitrogens with two attached hydrogens (primary N) is 1. The molecule has 108 valence electrons. The summed E-state index contributed by atoms with van der Waals surface area (Å²) in [7, 11) is 0. The fourth-order valence-corrected chi connectivity index (χ4v) is 3.04. The van der Waals surface area contributed by atoms with Crippen molar-refractivity contribution in [2.45, 2.75) is 25.8 Å². The van der Waals surface area contributed by atoms with E-state index >= 15 is 0 Å². The highest BCUT2D eigenvalue weighted by Crippen LogP contribution is 2.28. The minimum Gasteiger partial charge on any atom is -0.492 e. The molecule has 0 aromatic heterocycles. The van der Waals surface area contributed by atoms with Gasteiger partial charge in [0.1, 0.15) is 12.4 Å². The van der Waals surface area contributed by atoms with Gasteiger partial charge in [0, 0.05) is 19.1 Å². The van der Waals surface area contributed by atoms with Crippen molar-refractivity contribution in [2.24, 2.45) is 17.6 Å². The fraction of sp³-hybridized carbons (Fsp3) is 0.562. The molecule has 4 nitrogen and oxygen atoms in total. The van der Waals surface area contributed by atoms with Gasteiger partial charge in [0.2, 0.25) is 5.91 Å². The van der Waals surface area contributed by atoms with E-state index in [9.17, 15) is 4.79 Å². The lowest BCUT2D eigenvalue weighted by atomic mass is 9.91. The van der Waals surface area contributed by atoms with Gasteiger partial charge in [0.15, 0.2) is 0 Å². The van der Waals surface area contributed by atoms with Crippen LogP contribution in [-0.4, -0.2) is 36.5 Å². The molecule has 3 rings (SSSR count). The Morgan fingerprint density at radius 3 is 3.00 bits per heavy atom. The third-order valence-electron chi connectivity index (χ3n) is 4.56. The summed E-state index contributed by atoms with van der Waals surface area (Å²) < 4.78 is 5.72. The third kappa shape index (κ3) is 2.52. The molecule has 20 heavy (non-hydrogen) atoms. The van der Waals surface area contributed by atoms with Crippen LogP contribution >= 0.6 is 0 Å². The molecule has 1 aromatic carbocycles. The molecule has 1 fully saturated rings. The number of amides is 1. The molecule has 0 bridgehead atoms. The largest absolute Gasteiger partial charge is 0.492 e. The van der Waals surface area contributed by atoms with Crippen LogP contribution in [-0.2, 0) is 11.2 Å². The lowest BCUT2D eigenvalue weighted by Gasteiger charge is -2.37. The van der Waals surface area contributed by atoms with E-state index in [4.69, 9.17) is 10.5 Å². The zero-order chi connectivity index (χ0) is 14.1. The van der Waals surface area contributed by atoms with Crippen LogP contribution in [0, 0.1) is 11.8 Å². The number of hydrogen-bond acceptors (Lipinski definition) is 3. The number of benzene rings is 1. The summed E-state index contributed by atoms with van der Waals surface area (Å²) in [6.07, 6.45) is 1.77. The summed E-state index contributed by atoms with van der Waals surface area (Å²) in [6, 6.07) is 8.07. The number of nitrogens with zero attached hydrogens (tertiary/aromatic N) is 1. The van der Waals surface area contributed by atoms with E-state index in [-0.39, 0.29) is 17.9 Å². The lowest BCUT2D eigenvalue weighted by molar-refractivity contribution is -0.138. The highest BCUT2D eigenvalue weighted by atomic mass is 16.5. The van der Waals surface area contributed by atoms with Crippen LogP contribution in [0.1, 0.15) is 18.9 Å². The van der Waals surface area contributed by atoms with Gasteiger partial charge in [-0.05, 0) is 30.4 Å². The Labute approximate surface area is 119 Å². The van der Waals surface area contributed by atoms with Crippen LogP contribution in [0.5, 0.6) is 5.75 Å². The highest BCUT2D eigenvalue weighted by molar-refractivity contribution is 5.80. The van der Waals surface area contributed by atoms with E-state index in [2.05, 4.69) is 6.92 Å². The molecule has 1 amide bonds. The first kappa shape index (κ1) is 13.4. The Morgan fingerprint density at radius 1 is 1.40 bits per heavy atom. The fourth-order valence-electron chi connectivity index (χ4n) is 3.04. The van der Waals surface area contributed by atoms with Crippen molar-refractivity contribution >= 4 is 5.91 Å². The SMILES string of the molecule is CC1CCN(C(=O)C2COc3ccccc3C2)CC1N. The van der Waals surface area contributed by atoms with Crippen molar-refractivity contribution in [3.05, 3.63) is 29.8 Å². The highest BCUT2D eigenvalue weighted by Gasteiger charge is 2.33. The first-order valence-corrected chi connectivity index (χ1v) is 7.40. The maximum Gasteiger partial charge on any atom is 0.229 e. The first-order chi connectivity index (χ1) is 9.65. The molecule has 2 N–H and O–H groups in total. The Hall–Kier alpha value is -1.55. The van der Waals surface area contributed by atoms with Gasteiger partial charge in [-0.3, -0.25) is 4.79 Å². The Kier molecular flexibility index (Phi) is 3.66. The standard InChI is InChI=1S/C16H22N2O2/c1-11-6-7-18(9-14(11)17)16(19)13-8-12-4-2-3-5-15(12)20-10-13/h2-5,11,13-14H,6-10,17H2,1H3. The molecule has 4 heteroatoms. The minimum atomic E-state index is -0.0643. The lowest BCUT2D eigenvalue weighted by Crippen LogP contribution is -2.52.